The molecular weight excluding hydrogens is 254 g/mol. The predicted octanol–water partition coefficient (Wildman–Crippen LogP) is 4.36. The second-order valence-corrected chi connectivity index (χ2v) is 6.96. The highest BCUT2D eigenvalue weighted by Crippen LogP contribution is 2.34. The Bertz CT molecular complexity index is 566. The number of hydrogen-bond acceptors (Lipinski definition) is 3. The highest BCUT2D eigenvalue weighted by Gasteiger charge is 2.14. The van der Waals surface area contributed by atoms with Gasteiger partial charge in [0.25, 0.3) is 0 Å². The lowest BCUT2D eigenvalue weighted by Gasteiger charge is -2.20. The summed E-state index contributed by atoms with van der Waals surface area (Å²) in [5, 5.41) is 4.93. The first-order valence-corrected chi connectivity index (χ1v) is 7.59. The van der Waals surface area contributed by atoms with Gasteiger partial charge in [-0.2, -0.15) is 0 Å². The van der Waals surface area contributed by atoms with E-state index in [2.05, 4.69) is 45.1 Å². The molecule has 0 bridgehead atoms. The van der Waals surface area contributed by atoms with Crippen molar-refractivity contribution < 1.29 is 4.74 Å². The fourth-order valence-electron chi connectivity index (χ4n) is 2.18. The van der Waals surface area contributed by atoms with Gasteiger partial charge in [0.05, 0.1) is 7.11 Å². The molecule has 0 aliphatic heterocycles. The smallest absolute Gasteiger partial charge is 0.119 e. The summed E-state index contributed by atoms with van der Waals surface area (Å²) in [5.41, 5.74) is 1.61. The molecule has 3 heteroatoms. The van der Waals surface area contributed by atoms with Crippen molar-refractivity contribution in [3.63, 3.8) is 0 Å². The molecule has 2 rings (SSSR count). The Morgan fingerprint density at radius 1 is 1.26 bits per heavy atom. The zero-order valence-electron chi connectivity index (χ0n) is 12.5. The Kier molecular flexibility index (Phi) is 4.16. The molecule has 1 aromatic heterocycles. The molecule has 104 valence electrons. The monoisotopic (exact) mass is 277 g/mol. The van der Waals surface area contributed by atoms with E-state index in [0.29, 0.717) is 0 Å². The summed E-state index contributed by atoms with van der Waals surface area (Å²) in [4.78, 5) is 1.45. The summed E-state index contributed by atoms with van der Waals surface area (Å²) < 4.78 is 6.68. The first kappa shape index (κ1) is 14.4. The Balaban J connectivity index is 2.38. The Morgan fingerprint density at radius 3 is 2.58 bits per heavy atom. The van der Waals surface area contributed by atoms with E-state index in [1.54, 1.807) is 7.11 Å². The van der Waals surface area contributed by atoms with E-state index in [0.717, 1.165) is 18.7 Å². The van der Waals surface area contributed by atoms with Crippen LogP contribution in [0.5, 0.6) is 5.75 Å². The molecule has 0 aliphatic rings. The molecule has 1 aromatic carbocycles. The number of nitrogens with one attached hydrogen (secondary N) is 1. The molecule has 2 aromatic rings. The van der Waals surface area contributed by atoms with Gasteiger partial charge in [-0.25, -0.2) is 0 Å². The van der Waals surface area contributed by atoms with Gasteiger partial charge in [-0.05, 0) is 56.3 Å². The molecular formula is C16H23NOS. The molecule has 0 saturated carbocycles. The largest absolute Gasteiger partial charge is 0.497 e. The lowest BCUT2D eigenvalue weighted by atomic mass is 10.1. The lowest BCUT2D eigenvalue weighted by Crippen LogP contribution is -2.35. The molecule has 1 heterocycles. The van der Waals surface area contributed by atoms with Crippen LogP contribution in [0.4, 0.5) is 0 Å². The maximum Gasteiger partial charge on any atom is 0.119 e. The van der Waals surface area contributed by atoms with Crippen molar-refractivity contribution in [1.82, 2.24) is 5.32 Å². The highest BCUT2D eigenvalue weighted by molar-refractivity contribution is 7.19. The number of ether oxygens (including phenoxy) is 1. The molecule has 0 saturated heterocycles. The van der Waals surface area contributed by atoms with E-state index in [9.17, 15) is 0 Å². The number of hydrogen-bond donors (Lipinski definition) is 1. The van der Waals surface area contributed by atoms with Crippen LogP contribution in [0.15, 0.2) is 18.2 Å². The molecule has 0 fully saturated rings. The number of rotatable bonds is 4. The first-order chi connectivity index (χ1) is 8.94. The minimum Gasteiger partial charge on any atom is -0.497 e. The minimum absolute atomic E-state index is 0.152. The quantitative estimate of drug-likeness (QED) is 0.896. The van der Waals surface area contributed by atoms with Gasteiger partial charge in [-0.1, -0.05) is 6.92 Å². The number of thiophene rings is 1. The standard InChI is InChI=1S/C16H23NOS/c1-6-12-13-9-11(18-5)7-8-14(13)19-15(12)10-17-16(2,3)4/h7-9,17H,6,10H2,1-5H3. The fraction of sp³-hybridized carbons (Fsp3) is 0.500. The van der Waals surface area contributed by atoms with Gasteiger partial charge in [0.15, 0.2) is 0 Å². The maximum absolute atomic E-state index is 5.33. The molecule has 19 heavy (non-hydrogen) atoms. The molecule has 0 radical (unpaired) electrons. The van der Waals surface area contributed by atoms with Crippen LogP contribution in [0, 0.1) is 0 Å². The number of methoxy groups -OCH3 is 1. The zero-order chi connectivity index (χ0) is 14.0. The van der Waals surface area contributed by atoms with E-state index in [-0.39, 0.29) is 5.54 Å². The Labute approximate surface area is 119 Å². The fourth-order valence-corrected chi connectivity index (χ4v) is 3.40. The lowest BCUT2D eigenvalue weighted by molar-refractivity contribution is 0.415. The van der Waals surface area contributed by atoms with Gasteiger partial charge in [0.2, 0.25) is 0 Å². The van der Waals surface area contributed by atoms with Crippen LogP contribution < -0.4 is 10.1 Å². The van der Waals surface area contributed by atoms with Crippen LogP contribution in [-0.2, 0) is 13.0 Å². The third kappa shape index (κ3) is 3.28. The van der Waals surface area contributed by atoms with Crippen LogP contribution in [0.2, 0.25) is 0 Å². The predicted molar refractivity (Wildman–Crippen MR) is 84.3 cm³/mol. The number of fused-ring (bicyclic) bond motifs is 1. The normalized spacial score (nSPS) is 12.1. The highest BCUT2D eigenvalue weighted by atomic mass is 32.1. The molecule has 0 unspecified atom stereocenters. The van der Waals surface area contributed by atoms with Gasteiger partial charge < -0.3 is 10.1 Å². The van der Waals surface area contributed by atoms with Gasteiger partial charge >= 0.3 is 0 Å². The second-order valence-electron chi connectivity index (χ2n) is 5.82. The summed E-state index contributed by atoms with van der Waals surface area (Å²) >= 11 is 1.89. The maximum atomic E-state index is 5.33. The Morgan fingerprint density at radius 2 is 2.00 bits per heavy atom. The summed E-state index contributed by atoms with van der Waals surface area (Å²) in [7, 11) is 1.72. The van der Waals surface area contributed by atoms with Crippen molar-refractivity contribution in [2.75, 3.05) is 7.11 Å². The third-order valence-corrected chi connectivity index (χ3v) is 4.43. The topological polar surface area (TPSA) is 21.3 Å². The van der Waals surface area contributed by atoms with Gasteiger partial charge in [0, 0.05) is 21.7 Å². The van der Waals surface area contributed by atoms with Crippen molar-refractivity contribution in [1.29, 1.82) is 0 Å². The van der Waals surface area contributed by atoms with Crippen LogP contribution >= 0.6 is 11.3 Å². The summed E-state index contributed by atoms with van der Waals surface area (Å²) in [6.45, 7) is 9.77. The van der Waals surface area contributed by atoms with Crippen LogP contribution in [0.1, 0.15) is 38.1 Å². The van der Waals surface area contributed by atoms with Gasteiger partial charge in [0.1, 0.15) is 5.75 Å². The van der Waals surface area contributed by atoms with E-state index in [1.165, 1.54) is 20.5 Å². The van der Waals surface area contributed by atoms with Crippen molar-refractivity contribution in [2.45, 2.75) is 46.2 Å². The molecule has 1 N–H and O–H groups in total. The molecule has 0 amide bonds. The summed E-state index contributed by atoms with van der Waals surface area (Å²) in [6.07, 6.45) is 1.06. The van der Waals surface area contributed by atoms with E-state index in [1.807, 2.05) is 17.4 Å². The third-order valence-electron chi connectivity index (χ3n) is 3.21. The van der Waals surface area contributed by atoms with Gasteiger partial charge in [-0.3, -0.25) is 0 Å². The van der Waals surface area contributed by atoms with E-state index >= 15 is 0 Å². The van der Waals surface area contributed by atoms with Crippen molar-refractivity contribution in [2.24, 2.45) is 0 Å². The first-order valence-electron chi connectivity index (χ1n) is 6.78. The molecule has 2 nitrogen and oxygen atoms in total. The van der Waals surface area contributed by atoms with Crippen LogP contribution in [0.3, 0.4) is 0 Å². The number of benzene rings is 1. The van der Waals surface area contributed by atoms with Crippen LogP contribution in [-0.4, -0.2) is 12.6 Å². The Hall–Kier alpha value is -1.06. The molecule has 0 spiro atoms. The van der Waals surface area contributed by atoms with Crippen molar-refractivity contribution in [3.05, 3.63) is 28.6 Å². The van der Waals surface area contributed by atoms with Crippen molar-refractivity contribution in [3.8, 4) is 5.75 Å². The molecule has 0 aliphatic carbocycles. The van der Waals surface area contributed by atoms with Crippen molar-refractivity contribution >= 4 is 21.4 Å². The second kappa shape index (κ2) is 5.51. The minimum atomic E-state index is 0.152. The SMILES string of the molecule is CCc1c(CNC(C)(C)C)sc2ccc(OC)cc12. The number of aryl methyl sites for hydroxylation is 1. The molecule has 0 atom stereocenters. The van der Waals surface area contributed by atoms with Crippen LogP contribution in [0.25, 0.3) is 10.1 Å². The average molecular weight is 277 g/mol. The summed E-state index contributed by atoms with van der Waals surface area (Å²) in [6, 6.07) is 6.36. The van der Waals surface area contributed by atoms with E-state index in [4.69, 9.17) is 4.74 Å². The zero-order valence-corrected chi connectivity index (χ0v) is 13.3. The van der Waals surface area contributed by atoms with Gasteiger partial charge in [-0.15, -0.1) is 11.3 Å². The van der Waals surface area contributed by atoms with E-state index < -0.39 is 0 Å². The summed E-state index contributed by atoms with van der Waals surface area (Å²) in [5.74, 6) is 0.940. The average Bonchev–Trinajstić information content (AvgIpc) is 2.71.